The van der Waals surface area contributed by atoms with E-state index in [1.807, 2.05) is 4.90 Å². The maximum absolute atomic E-state index is 12.2. The Bertz CT molecular complexity index is 422. The van der Waals surface area contributed by atoms with Crippen molar-refractivity contribution in [1.29, 1.82) is 0 Å². The van der Waals surface area contributed by atoms with Gasteiger partial charge in [0.25, 0.3) is 0 Å². The molecule has 1 fully saturated rings. The summed E-state index contributed by atoms with van der Waals surface area (Å²) in [6.45, 7) is 8.51. The molecule has 19 heavy (non-hydrogen) atoms. The van der Waals surface area contributed by atoms with Gasteiger partial charge in [-0.25, -0.2) is 0 Å². The standard InChI is InChI=1S/C17H25NO/c1-17(2,3)15-9-7-14(8-10-15)13-16(19)18-11-5-4-6-12-18/h7-10H,4-6,11-13H2,1-3H3. The fraction of sp³-hybridized carbons (Fsp3) is 0.588. The molecule has 0 saturated carbocycles. The van der Waals surface area contributed by atoms with Gasteiger partial charge in [0.2, 0.25) is 5.91 Å². The highest BCUT2D eigenvalue weighted by atomic mass is 16.2. The van der Waals surface area contributed by atoms with E-state index in [-0.39, 0.29) is 11.3 Å². The van der Waals surface area contributed by atoms with Crippen LogP contribution in [0.15, 0.2) is 24.3 Å². The van der Waals surface area contributed by atoms with Crippen molar-refractivity contribution in [3.63, 3.8) is 0 Å². The first-order chi connectivity index (χ1) is 8.97. The van der Waals surface area contributed by atoms with Crippen molar-refractivity contribution in [2.24, 2.45) is 0 Å². The lowest BCUT2D eigenvalue weighted by Gasteiger charge is -2.27. The monoisotopic (exact) mass is 259 g/mol. The second-order valence-electron chi connectivity index (χ2n) is 6.57. The number of likely N-dealkylation sites (tertiary alicyclic amines) is 1. The van der Waals surface area contributed by atoms with Gasteiger partial charge >= 0.3 is 0 Å². The fourth-order valence-electron chi connectivity index (χ4n) is 2.55. The normalized spacial score (nSPS) is 16.5. The van der Waals surface area contributed by atoms with E-state index in [0.29, 0.717) is 6.42 Å². The van der Waals surface area contributed by atoms with Crippen molar-refractivity contribution < 1.29 is 4.79 Å². The predicted molar refractivity (Wildman–Crippen MR) is 79.3 cm³/mol. The molecular formula is C17H25NO. The Morgan fingerprint density at radius 3 is 2.16 bits per heavy atom. The van der Waals surface area contributed by atoms with E-state index in [4.69, 9.17) is 0 Å². The average molecular weight is 259 g/mol. The SMILES string of the molecule is CC(C)(C)c1ccc(CC(=O)N2CCCCC2)cc1. The zero-order valence-corrected chi connectivity index (χ0v) is 12.4. The van der Waals surface area contributed by atoms with Crippen molar-refractivity contribution in [2.75, 3.05) is 13.1 Å². The molecule has 1 amide bonds. The second-order valence-corrected chi connectivity index (χ2v) is 6.57. The summed E-state index contributed by atoms with van der Waals surface area (Å²) in [5.41, 5.74) is 2.63. The molecule has 0 aromatic heterocycles. The molecule has 2 rings (SSSR count). The molecule has 0 N–H and O–H groups in total. The first-order valence-corrected chi connectivity index (χ1v) is 7.34. The van der Waals surface area contributed by atoms with Gasteiger partial charge in [0.05, 0.1) is 6.42 Å². The molecule has 1 aromatic carbocycles. The number of rotatable bonds is 2. The van der Waals surface area contributed by atoms with Crippen LogP contribution < -0.4 is 0 Å². The number of hydrogen-bond donors (Lipinski definition) is 0. The highest BCUT2D eigenvalue weighted by molar-refractivity contribution is 5.78. The van der Waals surface area contributed by atoms with Crippen molar-refractivity contribution in [3.05, 3.63) is 35.4 Å². The lowest BCUT2D eigenvalue weighted by atomic mass is 9.86. The molecular weight excluding hydrogens is 234 g/mol. The van der Waals surface area contributed by atoms with Gasteiger partial charge in [0.1, 0.15) is 0 Å². The maximum Gasteiger partial charge on any atom is 0.226 e. The van der Waals surface area contributed by atoms with Crippen LogP contribution in [0.5, 0.6) is 0 Å². The molecule has 1 aliphatic rings. The van der Waals surface area contributed by atoms with Crippen LogP contribution in [0.1, 0.15) is 51.2 Å². The van der Waals surface area contributed by atoms with Gasteiger partial charge in [-0.1, -0.05) is 45.0 Å². The third kappa shape index (κ3) is 3.82. The van der Waals surface area contributed by atoms with Crippen molar-refractivity contribution in [2.45, 2.75) is 51.9 Å². The summed E-state index contributed by atoms with van der Waals surface area (Å²) >= 11 is 0. The zero-order chi connectivity index (χ0) is 13.9. The van der Waals surface area contributed by atoms with E-state index in [1.54, 1.807) is 0 Å². The van der Waals surface area contributed by atoms with E-state index in [1.165, 1.54) is 12.0 Å². The molecule has 0 spiro atoms. The van der Waals surface area contributed by atoms with E-state index in [9.17, 15) is 4.79 Å². The van der Waals surface area contributed by atoms with E-state index >= 15 is 0 Å². The summed E-state index contributed by atoms with van der Waals surface area (Å²) in [4.78, 5) is 14.2. The van der Waals surface area contributed by atoms with E-state index < -0.39 is 0 Å². The summed E-state index contributed by atoms with van der Waals surface area (Å²) in [6, 6.07) is 8.50. The molecule has 104 valence electrons. The predicted octanol–water partition coefficient (Wildman–Crippen LogP) is 3.54. The van der Waals surface area contributed by atoms with Crippen LogP contribution >= 0.6 is 0 Å². The minimum absolute atomic E-state index is 0.176. The van der Waals surface area contributed by atoms with Crippen LogP contribution in [0.2, 0.25) is 0 Å². The number of carbonyl (C=O) groups excluding carboxylic acids is 1. The highest BCUT2D eigenvalue weighted by Crippen LogP contribution is 2.22. The third-order valence-corrected chi connectivity index (χ3v) is 3.88. The summed E-state index contributed by atoms with van der Waals surface area (Å²) in [5.74, 6) is 0.281. The van der Waals surface area contributed by atoms with E-state index in [0.717, 1.165) is 31.5 Å². The Balaban J connectivity index is 1.97. The van der Waals surface area contributed by atoms with Crippen LogP contribution in [0.25, 0.3) is 0 Å². The first kappa shape index (κ1) is 14.1. The minimum atomic E-state index is 0.176. The Labute approximate surface area is 116 Å². The van der Waals surface area contributed by atoms with Crippen molar-refractivity contribution >= 4 is 5.91 Å². The van der Waals surface area contributed by atoms with Crippen molar-refractivity contribution in [1.82, 2.24) is 4.90 Å². The topological polar surface area (TPSA) is 20.3 Å². The number of carbonyl (C=O) groups is 1. The lowest BCUT2D eigenvalue weighted by molar-refractivity contribution is -0.131. The molecule has 1 aromatic rings. The second kappa shape index (κ2) is 5.77. The first-order valence-electron chi connectivity index (χ1n) is 7.34. The molecule has 1 heterocycles. The lowest BCUT2D eigenvalue weighted by Crippen LogP contribution is -2.36. The van der Waals surface area contributed by atoms with Crippen LogP contribution in [0, 0.1) is 0 Å². The summed E-state index contributed by atoms with van der Waals surface area (Å²) in [5, 5.41) is 0. The van der Waals surface area contributed by atoms with Crippen LogP contribution in [0.3, 0.4) is 0 Å². The van der Waals surface area contributed by atoms with E-state index in [2.05, 4.69) is 45.0 Å². The van der Waals surface area contributed by atoms with Gasteiger partial charge in [-0.3, -0.25) is 4.79 Å². The molecule has 0 radical (unpaired) electrons. The maximum atomic E-state index is 12.2. The van der Waals surface area contributed by atoms with Crippen molar-refractivity contribution in [3.8, 4) is 0 Å². The molecule has 1 aliphatic heterocycles. The van der Waals surface area contributed by atoms with Gasteiger partial charge in [0, 0.05) is 13.1 Å². The fourth-order valence-corrected chi connectivity index (χ4v) is 2.55. The molecule has 0 aliphatic carbocycles. The van der Waals surface area contributed by atoms with Gasteiger partial charge in [-0.05, 0) is 35.8 Å². The minimum Gasteiger partial charge on any atom is -0.342 e. The largest absolute Gasteiger partial charge is 0.342 e. The Kier molecular flexibility index (Phi) is 4.28. The highest BCUT2D eigenvalue weighted by Gasteiger charge is 2.17. The quantitative estimate of drug-likeness (QED) is 0.795. The zero-order valence-electron chi connectivity index (χ0n) is 12.4. The summed E-state index contributed by atoms with van der Waals surface area (Å²) in [7, 11) is 0. The Morgan fingerprint density at radius 2 is 1.63 bits per heavy atom. The van der Waals surface area contributed by atoms with Gasteiger partial charge < -0.3 is 4.90 Å². The number of piperidine rings is 1. The number of amides is 1. The van der Waals surface area contributed by atoms with Crippen LogP contribution in [0.4, 0.5) is 0 Å². The molecule has 2 nitrogen and oxygen atoms in total. The summed E-state index contributed by atoms with van der Waals surface area (Å²) < 4.78 is 0. The molecule has 1 saturated heterocycles. The van der Waals surface area contributed by atoms with Gasteiger partial charge in [-0.2, -0.15) is 0 Å². The Hall–Kier alpha value is -1.31. The van der Waals surface area contributed by atoms with Gasteiger partial charge in [-0.15, -0.1) is 0 Å². The number of hydrogen-bond acceptors (Lipinski definition) is 1. The molecule has 0 bridgehead atoms. The average Bonchev–Trinajstić information content (AvgIpc) is 2.39. The molecule has 0 atom stereocenters. The summed E-state index contributed by atoms with van der Waals surface area (Å²) in [6.07, 6.45) is 4.14. The smallest absolute Gasteiger partial charge is 0.226 e. The third-order valence-electron chi connectivity index (χ3n) is 3.88. The number of nitrogens with zero attached hydrogens (tertiary/aromatic N) is 1. The Morgan fingerprint density at radius 1 is 1.05 bits per heavy atom. The number of benzene rings is 1. The van der Waals surface area contributed by atoms with Gasteiger partial charge in [0.15, 0.2) is 0 Å². The molecule has 0 unspecified atom stereocenters. The van der Waals surface area contributed by atoms with Crippen LogP contribution in [-0.2, 0) is 16.6 Å². The van der Waals surface area contributed by atoms with Crippen LogP contribution in [-0.4, -0.2) is 23.9 Å². The molecule has 2 heteroatoms.